The molecule has 130 valence electrons. The van der Waals surface area contributed by atoms with E-state index in [1.54, 1.807) is 13.4 Å². The standard InChI is InChI=1S/C18H25N3O3/c1-4-19-18(20-11-10-15-7-6-12-24-15)21-14-8-9-16(22-3)17(13-14)23-5-2/h6-9,12-13H,4-5,10-11H2,1-3H3,(H2,19,20,21). The number of anilines is 1. The molecule has 0 saturated carbocycles. The van der Waals surface area contributed by atoms with Crippen molar-refractivity contribution in [3.63, 3.8) is 0 Å². The third kappa shape index (κ3) is 5.22. The van der Waals surface area contributed by atoms with E-state index < -0.39 is 0 Å². The van der Waals surface area contributed by atoms with Crippen LogP contribution in [-0.2, 0) is 6.42 Å². The highest BCUT2D eigenvalue weighted by Gasteiger charge is 2.07. The number of nitrogens with zero attached hydrogens (tertiary/aromatic N) is 1. The Bertz CT molecular complexity index is 639. The number of hydrogen-bond acceptors (Lipinski definition) is 4. The average Bonchev–Trinajstić information content (AvgIpc) is 3.09. The van der Waals surface area contributed by atoms with Gasteiger partial charge in [0, 0.05) is 31.3 Å². The van der Waals surface area contributed by atoms with Crippen molar-refractivity contribution in [3.8, 4) is 11.5 Å². The van der Waals surface area contributed by atoms with E-state index in [1.807, 2.05) is 44.2 Å². The summed E-state index contributed by atoms with van der Waals surface area (Å²) >= 11 is 0. The molecule has 1 heterocycles. The summed E-state index contributed by atoms with van der Waals surface area (Å²) in [7, 11) is 1.63. The average molecular weight is 331 g/mol. The van der Waals surface area contributed by atoms with Gasteiger partial charge in [0.25, 0.3) is 0 Å². The number of guanidine groups is 1. The van der Waals surface area contributed by atoms with Gasteiger partial charge in [0.1, 0.15) is 5.76 Å². The van der Waals surface area contributed by atoms with E-state index in [9.17, 15) is 0 Å². The highest BCUT2D eigenvalue weighted by atomic mass is 16.5. The second-order valence-corrected chi connectivity index (χ2v) is 5.01. The topological polar surface area (TPSA) is 68.0 Å². The Hall–Kier alpha value is -2.63. The van der Waals surface area contributed by atoms with E-state index >= 15 is 0 Å². The molecule has 0 atom stereocenters. The molecule has 0 aliphatic heterocycles. The number of ether oxygens (including phenoxy) is 2. The van der Waals surface area contributed by atoms with Crippen LogP contribution in [-0.4, -0.2) is 32.8 Å². The first-order valence-corrected chi connectivity index (χ1v) is 8.15. The van der Waals surface area contributed by atoms with Crippen LogP contribution in [0.2, 0.25) is 0 Å². The lowest BCUT2D eigenvalue weighted by molar-refractivity contribution is 0.311. The summed E-state index contributed by atoms with van der Waals surface area (Å²) in [5, 5.41) is 6.51. The monoisotopic (exact) mass is 331 g/mol. The summed E-state index contributed by atoms with van der Waals surface area (Å²) in [5.41, 5.74) is 0.886. The summed E-state index contributed by atoms with van der Waals surface area (Å²) in [4.78, 5) is 4.56. The third-order valence-electron chi connectivity index (χ3n) is 3.28. The van der Waals surface area contributed by atoms with Gasteiger partial charge in [-0.2, -0.15) is 0 Å². The quantitative estimate of drug-likeness (QED) is 0.574. The van der Waals surface area contributed by atoms with Gasteiger partial charge in [0.15, 0.2) is 17.5 Å². The van der Waals surface area contributed by atoms with Crippen molar-refractivity contribution in [1.29, 1.82) is 0 Å². The molecule has 1 aromatic carbocycles. The van der Waals surface area contributed by atoms with Gasteiger partial charge >= 0.3 is 0 Å². The molecule has 6 nitrogen and oxygen atoms in total. The summed E-state index contributed by atoms with van der Waals surface area (Å²) < 4.78 is 16.2. The first kappa shape index (κ1) is 17.7. The Kier molecular flexibility index (Phi) is 7.01. The van der Waals surface area contributed by atoms with E-state index in [4.69, 9.17) is 13.9 Å². The first-order valence-electron chi connectivity index (χ1n) is 8.15. The van der Waals surface area contributed by atoms with Crippen molar-refractivity contribution in [2.75, 3.05) is 32.1 Å². The SMILES string of the molecule is CCNC(=NCCc1ccco1)Nc1ccc(OC)c(OCC)c1. The maximum Gasteiger partial charge on any atom is 0.195 e. The van der Waals surface area contributed by atoms with Crippen LogP contribution < -0.4 is 20.1 Å². The largest absolute Gasteiger partial charge is 0.493 e. The molecule has 0 amide bonds. The Balaban J connectivity index is 2.04. The van der Waals surface area contributed by atoms with Gasteiger partial charge in [0.2, 0.25) is 0 Å². The van der Waals surface area contributed by atoms with Crippen molar-refractivity contribution >= 4 is 11.6 Å². The van der Waals surface area contributed by atoms with E-state index in [2.05, 4.69) is 15.6 Å². The molecule has 0 bridgehead atoms. The number of furan rings is 1. The van der Waals surface area contributed by atoms with Crippen LogP contribution in [0.15, 0.2) is 46.0 Å². The number of hydrogen-bond donors (Lipinski definition) is 2. The van der Waals surface area contributed by atoms with Crippen molar-refractivity contribution < 1.29 is 13.9 Å². The summed E-state index contributed by atoms with van der Waals surface area (Å²) in [6, 6.07) is 9.55. The molecule has 6 heteroatoms. The lowest BCUT2D eigenvalue weighted by Gasteiger charge is -2.14. The maximum absolute atomic E-state index is 5.60. The van der Waals surface area contributed by atoms with Crippen LogP contribution in [0.5, 0.6) is 11.5 Å². The smallest absolute Gasteiger partial charge is 0.195 e. The molecule has 0 saturated heterocycles. The first-order chi connectivity index (χ1) is 11.8. The zero-order valence-corrected chi connectivity index (χ0v) is 14.5. The Labute approximate surface area is 142 Å². The van der Waals surface area contributed by atoms with Gasteiger partial charge in [-0.25, -0.2) is 0 Å². The molecule has 0 aliphatic carbocycles. The van der Waals surface area contributed by atoms with Crippen LogP contribution in [0.1, 0.15) is 19.6 Å². The molecule has 0 unspecified atom stereocenters. The predicted molar refractivity (Wildman–Crippen MR) is 96.2 cm³/mol. The van der Waals surface area contributed by atoms with Crippen molar-refractivity contribution in [3.05, 3.63) is 42.4 Å². The van der Waals surface area contributed by atoms with E-state index in [0.29, 0.717) is 24.7 Å². The normalized spacial score (nSPS) is 11.2. The van der Waals surface area contributed by atoms with Crippen molar-refractivity contribution in [2.45, 2.75) is 20.3 Å². The summed E-state index contributed by atoms with van der Waals surface area (Å²) in [6.07, 6.45) is 2.44. The molecule has 1 aromatic heterocycles. The highest BCUT2D eigenvalue weighted by molar-refractivity contribution is 5.93. The molecule has 2 aromatic rings. The maximum atomic E-state index is 5.60. The van der Waals surface area contributed by atoms with E-state index in [0.717, 1.165) is 30.4 Å². The Morgan fingerprint density at radius 1 is 1.21 bits per heavy atom. The zero-order valence-electron chi connectivity index (χ0n) is 14.5. The highest BCUT2D eigenvalue weighted by Crippen LogP contribution is 2.30. The fraction of sp³-hybridized carbons (Fsp3) is 0.389. The minimum absolute atomic E-state index is 0.580. The number of aliphatic imine (C=N–C) groups is 1. The lowest BCUT2D eigenvalue weighted by Crippen LogP contribution is -2.30. The van der Waals surface area contributed by atoms with Gasteiger partial charge in [-0.3, -0.25) is 4.99 Å². The molecule has 0 spiro atoms. The third-order valence-corrected chi connectivity index (χ3v) is 3.28. The minimum Gasteiger partial charge on any atom is -0.493 e. The molecule has 0 aliphatic rings. The molecule has 24 heavy (non-hydrogen) atoms. The summed E-state index contributed by atoms with van der Waals surface area (Å²) in [5.74, 6) is 3.06. The van der Waals surface area contributed by atoms with Crippen LogP contribution in [0.4, 0.5) is 5.69 Å². The predicted octanol–water partition coefficient (Wildman–Crippen LogP) is 3.31. The van der Waals surface area contributed by atoms with Crippen LogP contribution in [0.25, 0.3) is 0 Å². The fourth-order valence-electron chi connectivity index (χ4n) is 2.20. The Morgan fingerprint density at radius 3 is 2.75 bits per heavy atom. The number of benzene rings is 1. The fourth-order valence-corrected chi connectivity index (χ4v) is 2.20. The van der Waals surface area contributed by atoms with Crippen LogP contribution in [0, 0.1) is 0 Å². The van der Waals surface area contributed by atoms with Gasteiger partial charge < -0.3 is 24.5 Å². The number of methoxy groups -OCH3 is 1. The van der Waals surface area contributed by atoms with E-state index in [-0.39, 0.29) is 0 Å². The molecule has 0 fully saturated rings. The van der Waals surface area contributed by atoms with Crippen LogP contribution in [0.3, 0.4) is 0 Å². The van der Waals surface area contributed by atoms with Gasteiger partial charge in [-0.15, -0.1) is 0 Å². The molecule has 2 N–H and O–H groups in total. The second-order valence-electron chi connectivity index (χ2n) is 5.01. The van der Waals surface area contributed by atoms with E-state index in [1.165, 1.54) is 0 Å². The second kappa shape index (κ2) is 9.50. The van der Waals surface area contributed by atoms with Crippen molar-refractivity contribution in [1.82, 2.24) is 5.32 Å². The van der Waals surface area contributed by atoms with Crippen molar-refractivity contribution in [2.24, 2.45) is 4.99 Å². The van der Waals surface area contributed by atoms with Gasteiger partial charge in [0.05, 0.1) is 20.0 Å². The van der Waals surface area contributed by atoms with Crippen LogP contribution >= 0.6 is 0 Å². The van der Waals surface area contributed by atoms with Gasteiger partial charge in [-0.1, -0.05) is 0 Å². The molecule has 2 rings (SSSR count). The molecular formula is C18H25N3O3. The molecular weight excluding hydrogens is 306 g/mol. The number of nitrogens with one attached hydrogen (secondary N) is 2. The zero-order chi connectivity index (χ0) is 17.2. The summed E-state index contributed by atoms with van der Waals surface area (Å²) in [6.45, 7) is 5.97. The van der Waals surface area contributed by atoms with Gasteiger partial charge in [-0.05, 0) is 38.1 Å². The molecule has 0 radical (unpaired) electrons. The Morgan fingerprint density at radius 2 is 2.08 bits per heavy atom. The lowest BCUT2D eigenvalue weighted by atomic mass is 10.2. The number of rotatable bonds is 8. The minimum atomic E-state index is 0.580.